The molecule has 1 atom stereocenters. The van der Waals surface area contributed by atoms with Crippen molar-refractivity contribution in [1.29, 1.82) is 0 Å². The maximum Gasteiger partial charge on any atom is 0.242 e. The molecular weight excluding hydrogens is 428 g/mol. The number of unbranched alkanes of at least 4 members (excludes halogenated alkanes) is 1. The van der Waals surface area contributed by atoms with E-state index in [4.69, 9.17) is 11.6 Å². The van der Waals surface area contributed by atoms with Crippen molar-refractivity contribution in [1.82, 2.24) is 10.2 Å². The topological polar surface area (TPSA) is 49.4 Å². The number of rotatable bonds is 12. The van der Waals surface area contributed by atoms with Crippen LogP contribution in [0.3, 0.4) is 0 Å². The Morgan fingerprint density at radius 2 is 1.81 bits per heavy atom. The third-order valence-corrected chi connectivity index (χ3v) is 6.50. The fourth-order valence-corrected chi connectivity index (χ4v) is 4.31. The number of aryl methyl sites for hydroxylation is 1. The van der Waals surface area contributed by atoms with Crippen molar-refractivity contribution in [3.8, 4) is 0 Å². The van der Waals surface area contributed by atoms with Crippen LogP contribution in [0.2, 0.25) is 5.02 Å². The van der Waals surface area contributed by atoms with Crippen molar-refractivity contribution in [3.05, 3.63) is 64.7 Å². The van der Waals surface area contributed by atoms with Gasteiger partial charge in [0.2, 0.25) is 11.8 Å². The van der Waals surface area contributed by atoms with Gasteiger partial charge in [-0.05, 0) is 43.5 Å². The van der Waals surface area contributed by atoms with Crippen molar-refractivity contribution in [2.45, 2.75) is 63.9 Å². The van der Waals surface area contributed by atoms with E-state index < -0.39 is 6.04 Å². The summed E-state index contributed by atoms with van der Waals surface area (Å²) in [6.07, 6.45) is 2.85. The van der Waals surface area contributed by atoms with Gasteiger partial charge in [-0.25, -0.2) is 0 Å². The van der Waals surface area contributed by atoms with Gasteiger partial charge in [-0.2, -0.15) is 0 Å². The summed E-state index contributed by atoms with van der Waals surface area (Å²) < 4.78 is 0. The summed E-state index contributed by atoms with van der Waals surface area (Å²) in [5.41, 5.74) is 2.06. The second-order valence-electron chi connectivity index (χ2n) is 7.59. The minimum absolute atomic E-state index is 0.0305. The van der Waals surface area contributed by atoms with Crippen molar-refractivity contribution >= 4 is 35.2 Å². The van der Waals surface area contributed by atoms with E-state index in [1.807, 2.05) is 31.2 Å². The number of hydrogen-bond acceptors (Lipinski definition) is 3. The number of thioether (sulfide) groups is 1. The summed E-state index contributed by atoms with van der Waals surface area (Å²) >= 11 is 8.01. The van der Waals surface area contributed by atoms with Crippen LogP contribution in [0.1, 0.15) is 50.7 Å². The molecule has 31 heavy (non-hydrogen) atoms. The number of carbonyl (C=O) groups is 2. The first-order valence-electron chi connectivity index (χ1n) is 11.0. The molecule has 0 aliphatic rings. The van der Waals surface area contributed by atoms with Crippen LogP contribution >= 0.6 is 23.4 Å². The Morgan fingerprint density at radius 1 is 1.10 bits per heavy atom. The lowest BCUT2D eigenvalue weighted by molar-refractivity contribution is -0.141. The fraction of sp³-hybridized carbons (Fsp3) is 0.440. The second kappa shape index (κ2) is 13.4. The van der Waals surface area contributed by atoms with Crippen LogP contribution in [0.4, 0.5) is 0 Å². The molecule has 0 unspecified atom stereocenters. The van der Waals surface area contributed by atoms with Crippen LogP contribution in [-0.2, 0) is 16.1 Å². The molecule has 2 rings (SSSR count). The molecule has 0 saturated carbocycles. The number of benzene rings is 2. The summed E-state index contributed by atoms with van der Waals surface area (Å²) in [5.74, 6) is 0.536. The third kappa shape index (κ3) is 8.23. The predicted molar refractivity (Wildman–Crippen MR) is 131 cm³/mol. The zero-order chi connectivity index (χ0) is 22.6. The van der Waals surface area contributed by atoms with Gasteiger partial charge in [-0.15, -0.1) is 11.8 Å². The molecule has 6 heteroatoms. The van der Waals surface area contributed by atoms with Crippen LogP contribution in [0.5, 0.6) is 0 Å². The highest BCUT2D eigenvalue weighted by Gasteiger charge is 2.28. The van der Waals surface area contributed by atoms with Gasteiger partial charge in [0.25, 0.3) is 0 Å². The summed E-state index contributed by atoms with van der Waals surface area (Å²) in [6, 6.07) is 15.3. The Hall–Kier alpha value is -1.98. The van der Waals surface area contributed by atoms with E-state index in [9.17, 15) is 9.59 Å². The number of hydrogen-bond donors (Lipinski definition) is 1. The second-order valence-corrected chi connectivity index (χ2v) is 9.17. The van der Waals surface area contributed by atoms with Crippen LogP contribution in [0.25, 0.3) is 0 Å². The molecule has 0 radical (unpaired) electrons. The van der Waals surface area contributed by atoms with Gasteiger partial charge in [0, 0.05) is 35.2 Å². The molecular formula is C25H33ClN2O2S. The number of amides is 2. The van der Waals surface area contributed by atoms with Crippen LogP contribution < -0.4 is 5.32 Å². The molecule has 0 saturated heterocycles. The molecule has 0 aliphatic carbocycles. The first kappa shape index (κ1) is 25.3. The minimum Gasteiger partial charge on any atom is -0.354 e. The molecule has 1 N–H and O–H groups in total. The van der Waals surface area contributed by atoms with Gasteiger partial charge in [-0.1, -0.05) is 67.8 Å². The van der Waals surface area contributed by atoms with Gasteiger partial charge in [0.1, 0.15) is 6.04 Å². The number of nitrogens with one attached hydrogen (secondary N) is 1. The Morgan fingerprint density at radius 3 is 2.45 bits per heavy atom. The highest BCUT2D eigenvalue weighted by Crippen LogP contribution is 2.23. The van der Waals surface area contributed by atoms with Gasteiger partial charge in [0.15, 0.2) is 0 Å². The van der Waals surface area contributed by atoms with E-state index in [0.29, 0.717) is 36.7 Å². The van der Waals surface area contributed by atoms with E-state index in [2.05, 4.69) is 43.4 Å². The predicted octanol–water partition coefficient (Wildman–Crippen LogP) is 5.85. The highest BCUT2D eigenvalue weighted by molar-refractivity contribution is 7.99. The zero-order valence-electron chi connectivity index (χ0n) is 18.7. The number of halogens is 1. The van der Waals surface area contributed by atoms with E-state index in [-0.39, 0.29) is 11.8 Å². The number of nitrogens with zero attached hydrogens (tertiary/aromatic N) is 1. The quantitative estimate of drug-likeness (QED) is 0.319. The third-order valence-electron chi connectivity index (χ3n) is 5.12. The molecule has 2 amide bonds. The molecule has 2 aromatic carbocycles. The van der Waals surface area contributed by atoms with Gasteiger partial charge < -0.3 is 10.2 Å². The lowest BCUT2D eigenvalue weighted by atomic mass is 10.1. The lowest BCUT2D eigenvalue weighted by Gasteiger charge is -2.31. The Kier molecular flexibility index (Phi) is 11.0. The molecule has 0 bridgehead atoms. The van der Waals surface area contributed by atoms with E-state index in [1.54, 1.807) is 16.7 Å². The SMILES string of the molecule is CCCCNC(=O)[C@@H](CC)N(Cc1ccccc1Cl)C(=O)CCSc1ccc(C)cc1. The Balaban J connectivity index is 2.10. The molecule has 0 spiro atoms. The molecule has 0 fully saturated rings. The maximum absolute atomic E-state index is 13.2. The average Bonchev–Trinajstić information content (AvgIpc) is 2.76. The van der Waals surface area contributed by atoms with E-state index in [0.717, 1.165) is 23.3 Å². The first-order chi connectivity index (χ1) is 15.0. The number of carbonyl (C=O) groups excluding carboxylic acids is 2. The smallest absolute Gasteiger partial charge is 0.242 e. The summed E-state index contributed by atoms with van der Waals surface area (Å²) in [6.45, 7) is 7.04. The van der Waals surface area contributed by atoms with Crippen LogP contribution in [-0.4, -0.2) is 35.1 Å². The normalized spacial score (nSPS) is 11.7. The highest BCUT2D eigenvalue weighted by atomic mass is 35.5. The van der Waals surface area contributed by atoms with Crippen LogP contribution in [0, 0.1) is 6.92 Å². The lowest BCUT2D eigenvalue weighted by Crippen LogP contribution is -2.49. The minimum atomic E-state index is -0.509. The Bertz CT molecular complexity index is 842. The van der Waals surface area contributed by atoms with Gasteiger partial charge in [-0.3, -0.25) is 9.59 Å². The van der Waals surface area contributed by atoms with Crippen molar-refractivity contribution in [2.75, 3.05) is 12.3 Å². The van der Waals surface area contributed by atoms with Gasteiger partial charge >= 0.3 is 0 Å². The summed E-state index contributed by atoms with van der Waals surface area (Å²) in [7, 11) is 0. The molecule has 4 nitrogen and oxygen atoms in total. The summed E-state index contributed by atoms with van der Waals surface area (Å²) in [5, 5.41) is 3.59. The molecule has 0 aromatic heterocycles. The van der Waals surface area contributed by atoms with Crippen molar-refractivity contribution < 1.29 is 9.59 Å². The van der Waals surface area contributed by atoms with Crippen molar-refractivity contribution in [3.63, 3.8) is 0 Å². The molecule has 2 aromatic rings. The monoisotopic (exact) mass is 460 g/mol. The van der Waals surface area contributed by atoms with E-state index in [1.165, 1.54) is 5.56 Å². The van der Waals surface area contributed by atoms with E-state index >= 15 is 0 Å². The largest absolute Gasteiger partial charge is 0.354 e. The standard InChI is InChI=1S/C25H33ClN2O2S/c1-4-6-16-27-25(30)23(5-2)28(18-20-9-7-8-10-22(20)26)24(29)15-17-31-21-13-11-19(3)12-14-21/h7-14,23H,4-6,15-18H2,1-3H3,(H,27,30)/t23-/m1/s1. The van der Waals surface area contributed by atoms with Crippen LogP contribution in [0.15, 0.2) is 53.4 Å². The maximum atomic E-state index is 13.2. The first-order valence-corrected chi connectivity index (χ1v) is 12.3. The Labute approximate surface area is 195 Å². The van der Waals surface area contributed by atoms with Crippen molar-refractivity contribution in [2.24, 2.45) is 0 Å². The fourth-order valence-electron chi connectivity index (χ4n) is 3.27. The molecule has 0 aliphatic heterocycles. The summed E-state index contributed by atoms with van der Waals surface area (Å²) in [4.78, 5) is 28.9. The molecule has 168 valence electrons. The zero-order valence-corrected chi connectivity index (χ0v) is 20.3. The average molecular weight is 461 g/mol. The molecule has 0 heterocycles. The van der Waals surface area contributed by atoms with Gasteiger partial charge in [0.05, 0.1) is 0 Å².